The second kappa shape index (κ2) is 6.79. The highest BCUT2D eigenvalue weighted by molar-refractivity contribution is 9.10. The van der Waals surface area contributed by atoms with Crippen LogP contribution in [-0.2, 0) is 13.6 Å². The van der Waals surface area contributed by atoms with E-state index < -0.39 is 4.92 Å². The number of aromatic nitrogens is 3. The summed E-state index contributed by atoms with van der Waals surface area (Å²) in [6.07, 6.45) is 5.27. The summed E-state index contributed by atoms with van der Waals surface area (Å²) in [6.45, 7) is 0.434. The number of rotatable bonds is 5. The molecule has 0 spiro atoms. The molecular weight excluding hydrogens is 374 g/mol. The molecular formula is C16H14BrN5O2. The molecule has 0 amide bonds. The molecule has 0 radical (unpaired) electrons. The van der Waals surface area contributed by atoms with E-state index in [1.807, 2.05) is 37.5 Å². The third-order valence-electron chi connectivity index (χ3n) is 3.46. The van der Waals surface area contributed by atoms with Gasteiger partial charge in [0.25, 0.3) is 0 Å². The molecule has 7 nitrogen and oxygen atoms in total. The van der Waals surface area contributed by atoms with E-state index in [0.29, 0.717) is 11.0 Å². The number of nitrogens with zero attached hydrogens (tertiary/aromatic N) is 4. The van der Waals surface area contributed by atoms with Crippen molar-refractivity contribution < 1.29 is 4.92 Å². The second-order valence-corrected chi connectivity index (χ2v) is 6.15. The van der Waals surface area contributed by atoms with Gasteiger partial charge in [0.05, 0.1) is 11.1 Å². The molecule has 0 saturated heterocycles. The van der Waals surface area contributed by atoms with E-state index in [2.05, 4.69) is 31.3 Å². The lowest BCUT2D eigenvalue weighted by molar-refractivity contribution is -0.384. The maximum atomic E-state index is 11.1. The van der Waals surface area contributed by atoms with Crippen molar-refractivity contribution >= 4 is 27.4 Å². The Morgan fingerprint density at radius 3 is 2.83 bits per heavy atom. The van der Waals surface area contributed by atoms with Gasteiger partial charge in [0.2, 0.25) is 5.82 Å². The van der Waals surface area contributed by atoms with Crippen LogP contribution in [0.4, 0.5) is 11.5 Å². The third-order valence-corrected chi connectivity index (χ3v) is 3.89. The number of nitrogens with one attached hydrogen (secondary N) is 1. The largest absolute Gasteiger partial charge is 0.360 e. The topological polar surface area (TPSA) is 85.9 Å². The van der Waals surface area contributed by atoms with Crippen LogP contribution in [-0.4, -0.2) is 19.7 Å². The van der Waals surface area contributed by atoms with Crippen LogP contribution in [0.2, 0.25) is 0 Å². The molecule has 1 aromatic carbocycles. The van der Waals surface area contributed by atoms with Gasteiger partial charge in [0.15, 0.2) is 0 Å². The SMILES string of the molecule is Cn1cc(-c2cccc(CNc3ncc(Br)cc3[N+](=O)[O-])c2)cn1. The summed E-state index contributed by atoms with van der Waals surface area (Å²) in [7, 11) is 1.87. The van der Waals surface area contributed by atoms with Crippen molar-refractivity contribution in [3.05, 3.63) is 69.1 Å². The fraction of sp³-hybridized carbons (Fsp3) is 0.125. The normalized spacial score (nSPS) is 10.6. The first-order valence-electron chi connectivity index (χ1n) is 7.15. The van der Waals surface area contributed by atoms with Gasteiger partial charge in [0.1, 0.15) is 0 Å². The number of anilines is 1. The Morgan fingerprint density at radius 1 is 1.29 bits per heavy atom. The van der Waals surface area contributed by atoms with Crippen LogP contribution in [0.1, 0.15) is 5.56 Å². The van der Waals surface area contributed by atoms with E-state index in [1.54, 1.807) is 10.9 Å². The van der Waals surface area contributed by atoms with Crippen LogP contribution in [0.5, 0.6) is 0 Å². The maximum absolute atomic E-state index is 11.1. The Labute approximate surface area is 146 Å². The van der Waals surface area contributed by atoms with Gasteiger partial charge in [-0.2, -0.15) is 5.10 Å². The third kappa shape index (κ3) is 3.60. The molecule has 24 heavy (non-hydrogen) atoms. The van der Waals surface area contributed by atoms with Gasteiger partial charge in [-0.25, -0.2) is 4.98 Å². The average molecular weight is 388 g/mol. The summed E-state index contributed by atoms with van der Waals surface area (Å²) in [6, 6.07) is 9.36. The predicted molar refractivity (Wildman–Crippen MR) is 94.6 cm³/mol. The van der Waals surface area contributed by atoms with Crippen molar-refractivity contribution in [2.24, 2.45) is 7.05 Å². The summed E-state index contributed by atoms with van der Waals surface area (Å²) >= 11 is 3.20. The van der Waals surface area contributed by atoms with Crippen LogP contribution < -0.4 is 5.32 Å². The highest BCUT2D eigenvalue weighted by Crippen LogP contribution is 2.26. The van der Waals surface area contributed by atoms with Crippen molar-refractivity contribution in [3.8, 4) is 11.1 Å². The van der Waals surface area contributed by atoms with Gasteiger partial charge in [-0.3, -0.25) is 14.8 Å². The molecule has 2 heterocycles. The summed E-state index contributed by atoms with van der Waals surface area (Å²) in [5, 5.41) is 18.3. The number of nitro groups is 1. The molecule has 0 unspecified atom stereocenters. The fourth-order valence-corrected chi connectivity index (χ4v) is 2.64. The number of hydrogen-bond donors (Lipinski definition) is 1. The number of aryl methyl sites for hydroxylation is 1. The van der Waals surface area contributed by atoms with Crippen molar-refractivity contribution in [2.45, 2.75) is 6.54 Å². The van der Waals surface area contributed by atoms with Crippen LogP contribution in [0, 0.1) is 10.1 Å². The van der Waals surface area contributed by atoms with Gasteiger partial charge >= 0.3 is 5.69 Å². The molecule has 0 aliphatic heterocycles. The Hall–Kier alpha value is -2.74. The van der Waals surface area contributed by atoms with Gasteiger partial charge in [0, 0.05) is 42.1 Å². The zero-order valence-corrected chi connectivity index (χ0v) is 14.4. The minimum absolute atomic E-state index is 0.0622. The molecule has 0 aliphatic carbocycles. The Kier molecular flexibility index (Phi) is 4.57. The smallest absolute Gasteiger partial charge is 0.312 e. The van der Waals surface area contributed by atoms with Gasteiger partial charge in [-0.15, -0.1) is 0 Å². The molecule has 8 heteroatoms. The standard InChI is InChI=1S/C16H14BrN5O2/c1-21-10-13(8-20-21)12-4-2-3-11(5-12)7-18-16-15(22(23)24)6-14(17)9-19-16/h2-6,8-10H,7H2,1H3,(H,18,19). The Morgan fingerprint density at radius 2 is 2.12 bits per heavy atom. The summed E-state index contributed by atoms with van der Waals surface area (Å²) in [5.74, 6) is 0.245. The average Bonchev–Trinajstić information content (AvgIpc) is 3.00. The second-order valence-electron chi connectivity index (χ2n) is 5.23. The van der Waals surface area contributed by atoms with Crippen molar-refractivity contribution in [1.29, 1.82) is 0 Å². The van der Waals surface area contributed by atoms with Crippen molar-refractivity contribution in [2.75, 3.05) is 5.32 Å². The van der Waals surface area contributed by atoms with E-state index in [4.69, 9.17) is 0 Å². The van der Waals surface area contributed by atoms with E-state index in [0.717, 1.165) is 16.7 Å². The van der Waals surface area contributed by atoms with E-state index in [9.17, 15) is 10.1 Å². The lowest BCUT2D eigenvalue weighted by atomic mass is 10.1. The molecule has 0 aliphatic rings. The Bertz CT molecular complexity index is 894. The Balaban J connectivity index is 1.79. The highest BCUT2D eigenvalue weighted by atomic mass is 79.9. The predicted octanol–water partition coefficient (Wildman–Crippen LogP) is 3.76. The van der Waals surface area contributed by atoms with Crippen LogP contribution in [0.15, 0.2) is 53.4 Å². The lowest BCUT2D eigenvalue weighted by Gasteiger charge is -2.08. The maximum Gasteiger partial charge on any atom is 0.312 e. The van der Waals surface area contributed by atoms with Gasteiger partial charge < -0.3 is 5.32 Å². The summed E-state index contributed by atoms with van der Waals surface area (Å²) in [5.41, 5.74) is 3.00. The van der Waals surface area contributed by atoms with E-state index in [1.165, 1.54) is 12.3 Å². The number of pyridine rings is 1. The molecule has 122 valence electrons. The van der Waals surface area contributed by atoms with E-state index in [-0.39, 0.29) is 11.5 Å². The minimum atomic E-state index is -0.452. The van der Waals surface area contributed by atoms with E-state index >= 15 is 0 Å². The van der Waals surface area contributed by atoms with Gasteiger partial charge in [-0.05, 0) is 33.1 Å². The first-order chi connectivity index (χ1) is 11.5. The fourth-order valence-electron chi connectivity index (χ4n) is 2.32. The quantitative estimate of drug-likeness (QED) is 0.531. The van der Waals surface area contributed by atoms with Gasteiger partial charge in [-0.1, -0.05) is 18.2 Å². The molecule has 3 rings (SSSR count). The molecule has 0 atom stereocenters. The molecule has 2 aromatic heterocycles. The summed E-state index contributed by atoms with van der Waals surface area (Å²) < 4.78 is 2.31. The first kappa shape index (κ1) is 16.1. The van der Waals surface area contributed by atoms with Crippen LogP contribution >= 0.6 is 15.9 Å². The zero-order chi connectivity index (χ0) is 17.1. The summed E-state index contributed by atoms with van der Waals surface area (Å²) in [4.78, 5) is 14.8. The molecule has 3 aromatic rings. The van der Waals surface area contributed by atoms with Crippen molar-refractivity contribution in [3.63, 3.8) is 0 Å². The first-order valence-corrected chi connectivity index (χ1v) is 7.94. The van der Waals surface area contributed by atoms with Crippen LogP contribution in [0.25, 0.3) is 11.1 Å². The number of halogens is 1. The number of hydrogen-bond acceptors (Lipinski definition) is 5. The number of benzene rings is 1. The molecule has 1 N–H and O–H groups in total. The molecule has 0 saturated carbocycles. The molecule has 0 fully saturated rings. The monoisotopic (exact) mass is 387 g/mol. The molecule has 0 bridgehead atoms. The minimum Gasteiger partial charge on any atom is -0.360 e. The highest BCUT2D eigenvalue weighted by Gasteiger charge is 2.15. The van der Waals surface area contributed by atoms with Crippen LogP contribution in [0.3, 0.4) is 0 Å². The zero-order valence-electron chi connectivity index (χ0n) is 12.8. The lowest BCUT2D eigenvalue weighted by Crippen LogP contribution is -2.04. The van der Waals surface area contributed by atoms with Crippen molar-refractivity contribution in [1.82, 2.24) is 14.8 Å².